The molecule has 2 aromatic rings. The van der Waals surface area contributed by atoms with Crippen LogP contribution < -0.4 is 10.0 Å². The maximum absolute atomic E-state index is 12.6. The minimum atomic E-state index is -3.60. The molecule has 2 aromatic carbocycles. The normalized spacial score (nSPS) is 17.4. The van der Waals surface area contributed by atoms with E-state index in [-0.39, 0.29) is 48.9 Å². The van der Waals surface area contributed by atoms with E-state index in [2.05, 4.69) is 10.0 Å². The Morgan fingerprint density at radius 1 is 1.16 bits per heavy atom. The van der Waals surface area contributed by atoms with Crippen molar-refractivity contribution in [3.8, 4) is 0 Å². The van der Waals surface area contributed by atoms with Crippen LogP contribution in [0.5, 0.6) is 0 Å². The number of benzene rings is 2. The molecule has 1 aliphatic rings. The lowest BCUT2D eigenvalue weighted by atomic mass is 10.1. The second kappa shape index (κ2) is 10.7. The molecule has 2 amide bonds. The Kier molecular flexibility index (Phi) is 8.00. The standard InChI is InChI=1S/C23H29N3O5S/c1-17(19-6-4-3-5-7-19)26-16-20(14-22(26)27)23(28)24-15-18-8-10-21(11-9-18)32(29,30)25-12-13-31-2/h3-11,17,20,25H,12-16H2,1-2H3,(H,24,28). The maximum Gasteiger partial charge on any atom is 0.240 e. The van der Waals surface area contributed by atoms with Gasteiger partial charge in [-0.05, 0) is 30.2 Å². The van der Waals surface area contributed by atoms with Crippen LogP contribution in [0, 0.1) is 5.92 Å². The van der Waals surface area contributed by atoms with Crippen LogP contribution >= 0.6 is 0 Å². The van der Waals surface area contributed by atoms with Gasteiger partial charge in [-0.25, -0.2) is 13.1 Å². The van der Waals surface area contributed by atoms with Gasteiger partial charge in [0.2, 0.25) is 21.8 Å². The summed E-state index contributed by atoms with van der Waals surface area (Å²) in [6, 6.07) is 16.0. The van der Waals surface area contributed by atoms with Crippen LogP contribution in [-0.2, 0) is 30.9 Å². The van der Waals surface area contributed by atoms with Crippen molar-refractivity contribution in [1.82, 2.24) is 14.9 Å². The molecule has 2 atom stereocenters. The van der Waals surface area contributed by atoms with Crippen LogP contribution in [0.4, 0.5) is 0 Å². The highest BCUT2D eigenvalue weighted by Gasteiger charge is 2.36. The average Bonchev–Trinajstić information content (AvgIpc) is 3.19. The minimum absolute atomic E-state index is 0.0305. The average molecular weight is 460 g/mol. The van der Waals surface area contributed by atoms with Crippen LogP contribution in [0.25, 0.3) is 0 Å². The molecule has 0 radical (unpaired) electrons. The zero-order valence-electron chi connectivity index (χ0n) is 18.3. The van der Waals surface area contributed by atoms with Crippen molar-refractivity contribution >= 4 is 21.8 Å². The van der Waals surface area contributed by atoms with Gasteiger partial charge in [0.15, 0.2) is 0 Å². The predicted octanol–water partition coefficient (Wildman–Crippen LogP) is 1.84. The third-order valence-electron chi connectivity index (χ3n) is 5.58. The second-order valence-electron chi connectivity index (χ2n) is 7.79. The Morgan fingerprint density at radius 2 is 1.84 bits per heavy atom. The number of likely N-dealkylation sites (tertiary alicyclic amines) is 1. The smallest absolute Gasteiger partial charge is 0.240 e. The Bertz CT molecular complexity index is 1030. The number of sulfonamides is 1. The molecule has 3 rings (SSSR count). The molecule has 1 fully saturated rings. The first-order valence-electron chi connectivity index (χ1n) is 10.5. The van der Waals surface area contributed by atoms with Crippen LogP contribution in [0.2, 0.25) is 0 Å². The lowest BCUT2D eigenvalue weighted by Crippen LogP contribution is -2.33. The van der Waals surface area contributed by atoms with Crippen LogP contribution in [-0.4, -0.2) is 51.9 Å². The molecule has 1 heterocycles. The van der Waals surface area contributed by atoms with Crippen molar-refractivity contribution in [3.05, 3.63) is 65.7 Å². The van der Waals surface area contributed by atoms with Crippen molar-refractivity contribution in [3.63, 3.8) is 0 Å². The van der Waals surface area contributed by atoms with Gasteiger partial charge in [-0.15, -0.1) is 0 Å². The summed E-state index contributed by atoms with van der Waals surface area (Å²) in [5.74, 6) is -0.616. The summed E-state index contributed by atoms with van der Waals surface area (Å²) in [5, 5.41) is 2.86. The first kappa shape index (κ1) is 23.9. The molecule has 2 N–H and O–H groups in total. The number of hydrogen-bond donors (Lipinski definition) is 2. The lowest BCUT2D eigenvalue weighted by Gasteiger charge is -2.25. The largest absolute Gasteiger partial charge is 0.383 e. The van der Waals surface area contributed by atoms with Gasteiger partial charge in [-0.3, -0.25) is 9.59 Å². The molecular weight excluding hydrogens is 430 g/mol. The van der Waals surface area contributed by atoms with Gasteiger partial charge in [0, 0.05) is 33.2 Å². The highest BCUT2D eigenvalue weighted by molar-refractivity contribution is 7.89. The number of nitrogens with one attached hydrogen (secondary N) is 2. The van der Waals surface area contributed by atoms with E-state index in [4.69, 9.17) is 4.74 Å². The third kappa shape index (κ3) is 5.93. The molecule has 9 heteroatoms. The fourth-order valence-electron chi connectivity index (χ4n) is 3.67. The molecule has 0 saturated carbocycles. The van der Waals surface area contributed by atoms with E-state index < -0.39 is 15.9 Å². The number of nitrogens with zero attached hydrogens (tertiary/aromatic N) is 1. The number of hydrogen-bond acceptors (Lipinski definition) is 5. The SMILES string of the molecule is COCCNS(=O)(=O)c1ccc(CNC(=O)C2CC(=O)N(C(C)c3ccccc3)C2)cc1. The molecule has 32 heavy (non-hydrogen) atoms. The Morgan fingerprint density at radius 3 is 2.50 bits per heavy atom. The quantitative estimate of drug-likeness (QED) is 0.528. The predicted molar refractivity (Wildman–Crippen MR) is 120 cm³/mol. The van der Waals surface area contributed by atoms with E-state index in [0.29, 0.717) is 6.54 Å². The van der Waals surface area contributed by atoms with E-state index in [0.717, 1.165) is 11.1 Å². The Balaban J connectivity index is 1.53. The fourth-order valence-corrected chi connectivity index (χ4v) is 4.69. The van der Waals surface area contributed by atoms with E-state index in [1.165, 1.54) is 19.2 Å². The molecule has 2 unspecified atom stereocenters. The summed E-state index contributed by atoms with van der Waals surface area (Å²) in [6.45, 7) is 3.08. The zero-order chi connectivity index (χ0) is 23.1. The van der Waals surface area contributed by atoms with Gasteiger partial charge in [0.1, 0.15) is 0 Å². The first-order valence-corrected chi connectivity index (χ1v) is 12.0. The number of ether oxygens (including phenoxy) is 1. The van der Waals surface area contributed by atoms with Gasteiger partial charge in [-0.2, -0.15) is 0 Å². The fraction of sp³-hybridized carbons (Fsp3) is 0.391. The first-order chi connectivity index (χ1) is 15.3. The second-order valence-corrected chi connectivity index (χ2v) is 9.55. The Hall–Kier alpha value is -2.75. The van der Waals surface area contributed by atoms with Crippen molar-refractivity contribution < 1.29 is 22.7 Å². The van der Waals surface area contributed by atoms with Gasteiger partial charge < -0.3 is 15.0 Å². The number of carbonyl (C=O) groups excluding carboxylic acids is 2. The van der Waals surface area contributed by atoms with Gasteiger partial charge in [-0.1, -0.05) is 42.5 Å². The van der Waals surface area contributed by atoms with Crippen molar-refractivity contribution in [2.45, 2.75) is 30.8 Å². The third-order valence-corrected chi connectivity index (χ3v) is 7.05. The van der Waals surface area contributed by atoms with E-state index in [9.17, 15) is 18.0 Å². The van der Waals surface area contributed by atoms with Gasteiger partial charge in [0.05, 0.1) is 23.5 Å². The molecule has 0 bridgehead atoms. The molecular formula is C23H29N3O5S. The number of rotatable bonds is 10. The number of methoxy groups -OCH3 is 1. The van der Waals surface area contributed by atoms with E-state index in [1.54, 1.807) is 17.0 Å². The molecule has 172 valence electrons. The molecule has 1 aliphatic heterocycles. The highest BCUT2D eigenvalue weighted by atomic mass is 32.2. The van der Waals surface area contributed by atoms with Gasteiger partial charge in [0.25, 0.3) is 0 Å². The molecule has 0 aliphatic carbocycles. The van der Waals surface area contributed by atoms with Crippen molar-refractivity contribution in [2.24, 2.45) is 5.92 Å². The summed E-state index contributed by atoms with van der Waals surface area (Å²) in [6.07, 6.45) is 0.188. The van der Waals surface area contributed by atoms with Crippen molar-refractivity contribution in [1.29, 1.82) is 0 Å². The highest BCUT2D eigenvalue weighted by Crippen LogP contribution is 2.28. The van der Waals surface area contributed by atoms with Crippen LogP contribution in [0.1, 0.15) is 30.5 Å². The van der Waals surface area contributed by atoms with E-state index in [1.807, 2.05) is 37.3 Å². The summed E-state index contributed by atoms with van der Waals surface area (Å²) in [7, 11) is -2.10. The minimum Gasteiger partial charge on any atom is -0.383 e. The number of carbonyl (C=O) groups is 2. The van der Waals surface area contributed by atoms with Crippen LogP contribution in [0.15, 0.2) is 59.5 Å². The summed E-state index contributed by atoms with van der Waals surface area (Å²) >= 11 is 0. The molecule has 1 saturated heterocycles. The zero-order valence-corrected chi connectivity index (χ0v) is 19.1. The topological polar surface area (TPSA) is 105 Å². The van der Waals surface area contributed by atoms with E-state index >= 15 is 0 Å². The summed E-state index contributed by atoms with van der Waals surface area (Å²) in [4.78, 5) is 27.0. The molecule has 0 spiro atoms. The van der Waals surface area contributed by atoms with Crippen LogP contribution in [0.3, 0.4) is 0 Å². The molecule has 0 aromatic heterocycles. The Labute approximate surface area is 189 Å². The summed E-state index contributed by atoms with van der Waals surface area (Å²) in [5.41, 5.74) is 1.81. The molecule has 8 nitrogen and oxygen atoms in total. The lowest BCUT2D eigenvalue weighted by molar-refractivity contribution is -0.130. The number of amides is 2. The van der Waals surface area contributed by atoms with Gasteiger partial charge >= 0.3 is 0 Å². The maximum atomic E-state index is 12.6. The monoisotopic (exact) mass is 459 g/mol. The van der Waals surface area contributed by atoms with Crippen molar-refractivity contribution in [2.75, 3.05) is 26.8 Å². The summed E-state index contributed by atoms with van der Waals surface area (Å²) < 4.78 is 31.7.